The van der Waals surface area contributed by atoms with Crippen LogP contribution in [0.15, 0.2) is 66.7 Å². The van der Waals surface area contributed by atoms with E-state index in [1.165, 1.54) is 14.0 Å². The lowest BCUT2D eigenvalue weighted by molar-refractivity contribution is -0.0988. The van der Waals surface area contributed by atoms with Crippen molar-refractivity contribution < 1.29 is 52.3 Å². The number of benzene rings is 3. The van der Waals surface area contributed by atoms with Crippen molar-refractivity contribution in [3.05, 3.63) is 77.9 Å². The molecule has 2 fully saturated rings. The van der Waals surface area contributed by atoms with E-state index >= 15 is 0 Å². The van der Waals surface area contributed by atoms with Gasteiger partial charge in [-0.15, -0.1) is 10.2 Å². The number of aromatic amines is 1. The van der Waals surface area contributed by atoms with Gasteiger partial charge in [0.15, 0.2) is 12.2 Å². The molecule has 2 aromatic heterocycles. The van der Waals surface area contributed by atoms with E-state index in [9.17, 15) is 14.4 Å². The summed E-state index contributed by atoms with van der Waals surface area (Å²) in [5.41, 5.74) is 4.82. The van der Waals surface area contributed by atoms with Crippen LogP contribution in [0.25, 0.3) is 33.5 Å². The maximum Gasteiger partial charge on any atom is 0.511 e. The number of carbonyl (C=O) groups is 3. The van der Waals surface area contributed by atoms with E-state index in [1.807, 2.05) is 55.5 Å². The Bertz CT molecular complexity index is 2050. The average Bonchev–Trinajstić information content (AvgIpc) is 3.96. The Labute approximate surface area is 296 Å². The molecule has 2 aliphatic rings. The van der Waals surface area contributed by atoms with Crippen LogP contribution in [0.2, 0.25) is 0 Å². The summed E-state index contributed by atoms with van der Waals surface area (Å²) >= 11 is 0. The molecule has 0 amide bonds. The third-order valence-corrected chi connectivity index (χ3v) is 8.50. The summed E-state index contributed by atoms with van der Waals surface area (Å²) in [6.45, 7) is 3.94. The minimum absolute atomic E-state index is 0.00986. The molecule has 4 heterocycles. The Morgan fingerprint density at radius 2 is 1.62 bits per heavy atom. The predicted molar refractivity (Wildman–Crippen MR) is 178 cm³/mol. The van der Waals surface area contributed by atoms with E-state index in [-0.39, 0.29) is 18.8 Å². The van der Waals surface area contributed by atoms with Gasteiger partial charge in [0, 0.05) is 12.5 Å². The van der Waals surface area contributed by atoms with Gasteiger partial charge >= 0.3 is 18.3 Å². The van der Waals surface area contributed by atoms with Crippen LogP contribution in [0.3, 0.4) is 0 Å². The summed E-state index contributed by atoms with van der Waals surface area (Å²) in [6, 6.07) is 21.1. The van der Waals surface area contributed by atoms with Gasteiger partial charge in [-0.3, -0.25) is 4.57 Å². The van der Waals surface area contributed by atoms with E-state index in [2.05, 4.69) is 30.3 Å². The van der Waals surface area contributed by atoms with Crippen LogP contribution in [0.5, 0.6) is 6.01 Å². The Hall–Kier alpha value is -6.07. The number of hydrogen-bond acceptors (Lipinski definition) is 15. The Balaban J connectivity index is 1.04. The zero-order valence-electron chi connectivity index (χ0n) is 28.3. The molecule has 17 heteroatoms. The monoisotopic (exact) mass is 714 g/mol. The highest BCUT2D eigenvalue weighted by Gasteiger charge is 2.51. The fourth-order valence-electron chi connectivity index (χ4n) is 6.22. The SMILES string of the molecule is CCOc1nc2cccc(C(=O)OC(C)OC(=O)O[C@H]3CO[C@H]4[C@@H]3OC[C@@H]4OC(=O)OC)c2n1Cc1ccc(-c2ccccc2-c2nn[nH]n2)cc1. The number of nitrogens with zero attached hydrogens (tertiary/aromatic N) is 5. The lowest BCUT2D eigenvalue weighted by Crippen LogP contribution is -2.36. The lowest BCUT2D eigenvalue weighted by Gasteiger charge is -2.19. The van der Waals surface area contributed by atoms with Crippen molar-refractivity contribution in [1.82, 2.24) is 30.2 Å². The number of hydrogen-bond donors (Lipinski definition) is 1. The molecule has 1 unspecified atom stereocenters. The number of imidazole rings is 1. The molecule has 7 rings (SSSR count). The van der Waals surface area contributed by atoms with Crippen molar-refractivity contribution >= 4 is 29.3 Å². The number of aromatic nitrogens is 6. The second-order valence-electron chi connectivity index (χ2n) is 11.8. The van der Waals surface area contributed by atoms with Crippen LogP contribution in [-0.4, -0.2) is 106 Å². The third-order valence-electron chi connectivity index (χ3n) is 8.50. The number of fused-ring (bicyclic) bond motifs is 2. The standard InChI is InChI=1S/C35H34N6O11/c1-4-46-33-36-25-11-7-10-24(32(42)49-19(2)50-35(44)52-27-18-48-29-26(17-47-30(27)29)51-34(43)45-3)28(25)41(33)16-20-12-14-21(15-13-20)22-8-5-6-9-23(22)31-37-39-40-38-31/h5-15,19,26-27,29-30H,4,16-18H2,1-3H3,(H,37,38,39,40)/t19?,26-,27-,29+,30+/m0/s1. The fraction of sp³-hybridized carbons (Fsp3) is 0.343. The van der Waals surface area contributed by atoms with E-state index in [0.29, 0.717) is 36.0 Å². The largest absolute Gasteiger partial charge is 0.511 e. The minimum Gasteiger partial charge on any atom is -0.465 e. The van der Waals surface area contributed by atoms with E-state index in [4.69, 9.17) is 33.2 Å². The fourth-order valence-corrected chi connectivity index (χ4v) is 6.22. The molecule has 2 saturated heterocycles. The maximum absolute atomic E-state index is 13.6. The number of carbonyl (C=O) groups excluding carboxylic acids is 3. The predicted octanol–water partition coefficient (Wildman–Crippen LogP) is 4.30. The smallest absolute Gasteiger partial charge is 0.465 e. The number of para-hydroxylation sites is 1. The maximum atomic E-state index is 13.6. The van der Waals surface area contributed by atoms with Crippen LogP contribution in [0, 0.1) is 0 Å². The van der Waals surface area contributed by atoms with Gasteiger partial charge < -0.3 is 37.9 Å². The zero-order valence-corrected chi connectivity index (χ0v) is 28.3. The molecule has 2 aliphatic heterocycles. The highest BCUT2D eigenvalue weighted by Crippen LogP contribution is 2.33. The quantitative estimate of drug-likeness (QED) is 0.115. The number of methoxy groups -OCH3 is 1. The molecule has 0 saturated carbocycles. The molecule has 3 aromatic carbocycles. The summed E-state index contributed by atoms with van der Waals surface area (Å²) in [6.07, 6.45) is -6.16. The first kappa shape index (κ1) is 34.4. The van der Waals surface area contributed by atoms with Gasteiger partial charge in [0.2, 0.25) is 12.1 Å². The Morgan fingerprint density at radius 1 is 0.904 bits per heavy atom. The van der Waals surface area contributed by atoms with Crippen molar-refractivity contribution in [3.8, 4) is 28.5 Å². The second-order valence-corrected chi connectivity index (χ2v) is 11.8. The normalized spacial score (nSPS) is 19.8. The van der Waals surface area contributed by atoms with Crippen LogP contribution in [0.1, 0.15) is 29.8 Å². The van der Waals surface area contributed by atoms with Crippen molar-refractivity contribution in [1.29, 1.82) is 0 Å². The van der Waals surface area contributed by atoms with Gasteiger partial charge in [0.25, 0.3) is 6.01 Å². The number of ether oxygens (including phenoxy) is 8. The highest BCUT2D eigenvalue weighted by molar-refractivity contribution is 6.02. The molecular formula is C35H34N6O11. The highest BCUT2D eigenvalue weighted by atomic mass is 16.8. The first-order valence-electron chi connectivity index (χ1n) is 16.4. The molecule has 5 aromatic rings. The van der Waals surface area contributed by atoms with E-state index in [1.54, 1.807) is 22.8 Å². The van der Waals surface area contributed by atoms with Crippen LogP contribution in [-0.2, 0) is 39.7 Å². The summed E-state index contributed by atoms with van der Waals surface area (Å²) in [4.78, 5) is 42.4. The second kappa shape index (κ2) is 15.0. The first-order chi connectivity index (χ1) is 25.3. The number of tetrazole rings is 1. The van der Waals surface area contributed by atoms with Gasteiger partial charge in [0.05, 0.1) is 50.1 Å². The topological polar surface area (TPSA) is 197 Å². The third kappa shape index (κ3) is 7.08. The Kier molecular flexibility index (Phi) is 9.94. The molecule has 0 radical (unpaired) electrons. The number of esters is 1. The molecule has 0 aliphatic carbocycles. The van der Waals surface area contributed by atoms with Crippen LogP contribution >= 0.6 is 0 Å². The first-order valence-corrected chi connectivity index (χ1v) is 16.4. The van der Waals surface area contributed by atoms with Gasteiger partial charge in [-0.25, -0.2) is 14.4 Å². The van der Waals surface area contributed by atoms with Crippen LogP contribution < -0.4 is 4.74 Å². The lowest BCUT2D eigenvalue weighted by atomic mass is 9.98. The van der Waals surface area contributed by atoms with E-state index < -0.39 is 49.0 Å². The zero-order chi connectivity index (χ0) is 36.2. The van der Waals surface area contributed by atoms with Gasteiger partial charge in [-0.2, -0.15) is 10.2 Å². The molecule has 17 nitrogen and oxygen atoms in total. The average molecular weight is 715 g/mol. The van der Waals surface area contributed by atoms with E-state index in [0.717, 1.165) is 22.3 Å². The summed E-state index contributed by atoms with van der Waals surface area (Å²) in [5.74, 6) is -0.265. The molecule has 0 bridgehead atoms. The van der Waals surface area contributed by atoms with Crippen LogP contribution in [0.4, 0.5) is 9.59 Å². The number of nitrogens with one attached hydrogen (secondary N) is 1. The summed E-state index contributed by atoms with van der Waals surface area (Å²) < 4.78 is 44.8. The number of rotatable bonds is 11. The summed E-state index contributed by atoms with van der Waals surface area (Å²) in [5, 5.41) is 14.4. The Morgan fingerprint density at radius 3 is 2.29 bits per heavy atom. The number of H-pyrrole nitrogens is 1. The van der Waals surface area contributed by atoms with Gasteiger partial charge in [0.1, 0.15) is 12.2 Å². The molecule has 270 valence electrons. The molecular weight excluding hydrogens is 680 g/mol. The van der Waals surface area contributed by atoms with Crippen molar-refractivity contribution in [2.75, 3.05) is 26.9 Å². The van der Waals surface area contributed by atoms with Crippen molar-refractivity contribution in [2.45, 2.75) is 51.1 Å². The minimum atomic E-state index is -1.32. The molecule has 0 spiro atoms. The van der Waals surface area contributed by atoms with Crippen molar-refractivity contribution in [2.24, 2.45) is 0 Å². The molecule has 52 heavy (non-hydrogen) atoms. The summed E-state index contributed by atoms with van der Waals surface area (Å²) in [7, 11) is 1.19. The molecule has 1 N–H and O–H groups in total. The van der Waals surface area contributed by atoms with Crippen molar-refractivity contribution in [3.63, 3.8) is 0 Å². The molecule has 5 atom stereocenters. The van der Waals surface area contributed by atoms with Gasteiger partial charge in [-0.1, -0.05) is 54.6 Å². The van der Waals surface area contributed by atoms with Gasteiger partial charge in [-0.05, 0) is 41.0 Å².